The Morgan fingerprint density at radius 3 is 2.80 bits per heavy atom. The molecule has 1 aromatic carbocycles. The summed E-state index contributed by atoms with van der Waals surface area (Å²) in [5, 5.41) is 13.5. The van der Waals surface area contributed by atoms with Crippen LogP contribution in [0.15, 0.2) is 30.3 Å². The molecule has 1 aliphatic heterocycles. The first-order valence-electron chi connectivity index (χ1n) is 8.17. The van der Waals surface area contributed by atoms with Gasteiger partial charge in [0.25, 0.3) is 5.91 Å². The van der Waals surface area contributed by atoms with E-state index in [2.05, 4.69) is 21.6 Å². The van der Waals surface area contributed by atoms with E-state index in [1.54, 1.807) is 0 Å². The highest BCUT2D eigenvalue weighted by Crippen LogP contribution is 2.37. The van der Waals surface area contributed by atoms with Crippen molar-refractivity contribution in [2.24, 2.45) is 11.7 Å². The quantitative estimate of drug-likeness (QED) is 0.736. The summed E-state index contributed by atoms with van der Waals surface area (Å²) in [6.45, 7) is 2.04. The van der Waals surface area contributed by atoms with Crippen molar-refractivity contribution in [2.45, 2.75) is 12.8 Å². The van der Waals surface area contributed by atoms with Gasteiger partial charge in [-0.2, -0.15) is 5.10 Å². The van der Waals surface area contributed by atoms with Gasteiger partial charge in [0, 0.05) is 15.3 Å². The second kappa shape index (κ2) is 6.71. The minimum Gasteiger partial charge on any atom is -0.364 e. The number of carbonyl (C=O) groups is 1. The number of nitrogens with one attached hydrogen (secondary N) is 1. The van der Waals surface area contributed by atoms with Crippen molar-refractivity contribution in [3.05, 3.63) is 46.7 Å². The summed E-state index contributed by atoms with van der Waals surface area (Å²) in [6.07, 6.45) is 1.99. The van der Waals surface area contributed by atoms with Crippen LogP contribution in [-0.4, -0.2) is 29.2 Å². The lowest BCUT2D eigenvalue weighted by Gasteiger charge is -2.08. The molecular weight excluding hydrogens is 356 g/mol. The number of fused-ring (bicyclic) bond motifs is 1. The number of hydrogen-bond donors (Lipinski definition) is 2. The first kappa shape index (κ1) is 16.4. The van der Waals surface area contributed by atoms with Crippen LogP contribution in [0, 0.1) is 5.92 Å². The van der Waals surface area contributed by atoms with Gasteiger partial charge >= 0.3 is 0 Å². The standard InChI is InChI=1S/C18H17ClN4OS/c19-12-3-1-11(2-4-12)15-8-13-14(7-10-5-6-21-9-10)22-23-16(18(20)24)17(13)25-15/h1-4,8,10,21H,5-7,9H2,(H2,20,24). The zero-order chi connectivity index (χ0) is 17.4. The highest BCUT2D eigenvalue weighted by Gasteiger charge is 2.21. The minimum absolute atomic E-state index is 0.244. The van der Waals surface area contributed by atoms with Gasteiger partial charge in [0.1, 0.15) is 0 Å². The Bertz CT molecular complexity index is 932. The molecule has 0 bridgehead atoms. The maximum Gasteiger partial charge on any atom is 0.270 e. The summed E-state index contributed by atoms with van der Waals surface area (Å²) in [4.78, 5) is 12.8. The molecule has 4 rings (SSSR count). The van der Waals surface area contributed by atoms with Crippen LogP contribution in [0.4, 0.5) is 0 Å². The van der Waals surface area contributed by atoms with Gasteiger partial charge in [-0.05, 0) is 55.6 Å². The summed E-state index contributed by atoms with van der Waals surface area (Å²) < 4.78 is 0.813. The average Bonchev–Trinajstić information content (AvgIpc) is 3.25. The molecular formula is C18H17ClN4OS. The molecule has 25 heavy (non-hydrogen) atoms. The van der Waals surface area contributed by atoms with E-state index in [9.17, 15) is 4.79 Å². The molecule has 0 saturated carbocycles. The van der Waals surface area contributed by atoms with Crippen molar-refractivity contribution in [3.63, 3.8) is 0 Å². The Morgan fingerprint density at radius 2 is 2.12 bits per heavy atom. The van der Waals surface area contributed by atoms with Gasteiger partial charge in [0.05, 0.1) is 10.4 Å². The Hall–Kier alpha value is -2.02. The molecule has 1 unspecified atom stereocenters. The van der Waals surface area contributed by atoms with Crippen molar-refractivity contribution in [1.82, 2.24) is 15.5 Å². The van der Waals surface area contributed by atoms with Gasteiger partial charge in [0.2, 0.25) is 0 Å². The summed E-state index contributed by atoms with van der Waals surface area (Å²) >= 11 is 7.50. The van der Waals surface area contributed by atoms with E-state index in [0.29, 0.717) is 10.9 Å². The first-order valence-corrected chi connectivity index (χ1v) is 9.37. The molecule has 0 radical (unpaired) electrons. The maximum atomic E-state index is 11.8. The first-order chi connectivity index (χ1) is 12.1. The topological polar surface area (TPSA) is 80.9 Å². The summed E-state index contributed by atoms with van der Waals surface area (Å²) in [6, 6.07) is 9.74. The lowest BCUT2D eigenvalue weighted by atomic mass is 10.0. The third-order valence-corrected chi connectivity index (χ3v) is 5.98. The van der Waals surface area contributed by atoms with Crippen LogP contribution in [-0.2, 0) is 6.42 Å². The Labute approximate surface area is 154 Å². The monoisotopic (exact) mass is 372 g/mol. The molecule has 1 amide bonds. The van der Waals surface area contributed by atoms with Crippen molar-refractivity contribution in [2.75, 3.05) is 13.1 Å². The van der Waals surface area contributed by atoms with Gasteiger partial charge in [-0.1, -0.05) is 23.7 Å². The molecule has 5 nitrogen and oxygen atoms in total. The van der Waals surface area contributed by atoms with Crippen LogP contribution < -0.4 is 11.1 Å². The fraction of sp³-hybridized carbons (Fsp3) is 0.278. The van der Waals surface area contributed by atoms with E-state index in [-0.39, 0.29) is 5.69 Å². The molecule has 1 fully saturated rings. The number of nitrogens with zero attached hydrogens (tertiary/aromatic N) is 2. The van der Waals surface area contributed by atoms with Crippen LogP contribution in [0.1, 0.15) is 22.6 Å². The molecule has 3 N–H and O–H groups in total. The summed E-state index contributed by atoms with van der Waals surface area (Å²) in [5.41, 5.74) is 7.73. The zero-order valence-corrected chi connectivity index (χ0v) is 15.0. The molecule has 0 aliphatic carbocycles. The van der Waals surface area contributed by atoms with E-state index in [4.69, 9.17) is 17.3 Å². The number of hydrogen-bond acceptors (Lipinski definition) is 5. The van der Waals surface area contributed by atoms with Crippen LogP contribution >= 0.6 is 22.9 Å². The van der Waals surface area contributed by atoms with Gasteiger partial charge < -0.3 is 11.1 Å². The van der Waals surface area contributed by atoms with Crippen LogP contribution in [0.3, 0.4) is 0 Å². The predicted molar refractivity (Wildman–Crippen MR) is 101 cm³/mol. The van der Waals surface area contributed by atoms with Crippen molar-refractivity contribution < 1.29 is 4.79 Å². The smallest absolute Gasteiger partial charge is 0.270 e. The van der Waals surface area contributed by atoms with Crippen molar-refractivity contribution >= 4 is 38.9 Å². The number of benzene rings is 1. The molecule has 2 aromatic heterocycles. The fourth-order valence-electron chi connectivity index (χ4n) is 3.22. The molecule has 1 atom stereocenters. The number of amides is 1. The second-order valence-corrected chi connectivity index (χ2v) is 7.77. The molecule has 3 aromatic rings. The SMILES string of the molecule is NC(=O)c1nnc(CC2CCNC2)c2cc(-c3ccc(Cl)cc3)sc12. The number of halogens is 1. The van der Waals surface area contributed by atoms with Gasteiger partial charge in [0.15, 0.2) is 5.69 Å². The lowest BCUT2D eigenvalue weighted by molar-refractivity contribution is 0.0996. The van der Waals surface area contributed by atoms with Crippen LogP contribution in [0.25, 0.3) is 20.5 Å². The van der Waals surface area contributed by atoms with Crippen molar-refractivity contribution in [1.29, 1.82) is 0 Å². The zero-order valence-electron chi connectivity index (χ0n) is 13.5. The van der Waals surface area contributed by atoms with Gasteiger partial charge in [-0.15, -0.1) is 16.4 Å². The Kier molecular flexibility index (Phi) is 4.41. The lowest BCUT2D eigenvalue weighted by Crippen LogP contribution is -2.16. The average molecular weight is 373 g/mol. The molecule has 0 spiro atoms. The molecule has 128 valence electrons. The number of primary amides is 1. The van der Waals surface area contributed by atoms with E-state index >= 15 is 0 Å². The molecule has 7 heteroatoms. The van der Waals surface area contributed by atoms with E-state index < -0.39 is 5.91 Å². The van der Waals surface area contributed by atoms with E-state index in [1.807, 2.05) is 24.3 Å². The van der Waals surface area contributed by atoms with Crippen molar-refractivity contribution in [3.8, 4) is 10.4 Å². The van der Waals surface area contributed by atoms with Crippen LogP contribution in [0.5, 0.6) is 0 Å². The number of nitrogens with two attached hydrogens (primary N) is 1. The number of carbonyl (C=O) groups excluding carboxylic acids is 1. The third kappa shape index (κ3) is 3.25. The maximum absolute atomic E-state index is 11.8. The Balaban J connectivity index is 1.82. The number of aromatic nitrogens is 2. The normalized spacial score (nSPS) is 17.2. The highest BCUT2D eigenvalue weighted by molar-refractivity contribution is 7.22. The third-order valence-electron chi connectivity index (χ3n) is 4.54. The Morgan fingerprint density at radius 1 is 1.32 bits per heavy atom. The molecule has 1 aliphatic rings. The second-order valence-electron chi connectivity index (χ2n) is 6.28. The molecule has 3 heterocycles. The number of thiophene rings is 1. The van der Waals surface area contributed by atoms with E-state index in [0.717, 1.165) is 52.2 Å². The highest BCUT2D eigenvalue weighted by atomic mass is 35.5. The fourth-order valence-corrected chi connectivity index (χ4v) is 4.52. The summed E-state index contributed by atoms with van der Waals surface area (Å²) in [7, 11) is 0. The van der Waals surface area contributed by atoms with Crippen LogP contribution in [0.2, 0.25) is 5.02 Å². The number of rotatable bonds is 4. The minimum atomic E-state index is -0.545. The van der Waals surface area contributed by atoms with E-state index in [1.165, 1.54) is 11.3 Å². The largest absolute Gasteiger partial charge is 0.364 e. The summed E-state index contributed by atoms with van der Waals surface area (Å²) in [5.74, 6) is 0.00639. The molecule has 1 saturated heterocycles. The van der Waals surface area contributed by atoms with Gasteiger partial charge in [-0.3, -0.25) is 4.79 Å². The predicted octanol–water partition coefficient (Wildman–Crippen LogP) is 3.26. The van der Waals surface area contributed by atoms with Gasteiger partial charge in [-0.25, -0.2) is 0 Å².